The van der Waals surface area contributed by atoms with Gasteiger partial charge in [0.1, 0.15) is 5.82 Å². The highest BCUT2D eigenvalue weighted by atomic mass is 16.5. The summed E-state index contributed by atoms with van der Waals surface area (Å²) in [6, 6.07) is 3.78. The van der Waals surface area contributed by atoms with E-state index in [0.717, 1.165) is 16.9 Å². The zero-order chi connectivity index (χ0) is 13.0. The molecule has 6 heteroatoms. The van der Waals surface area contributed by atoms with Gasteiger partial charge in [-0.15, -0.1) is 0 Å². The van der Waals surface area contributed by atoms with Crippen molar-refractivity contribution in [2.24, 2.45) is 0 Å². The van der Waals surface area contributed by atoms with Crippen LogP contribution in [0.5, 0.6) is 5.88 Å². The third-order valence-corrected chi connectivity index (χ3v) is 2.46. The quantitative estimate of drug-likeness (QED) is 0.846. The number of pyridine rings is 1. The Kier molecular flexibility index (Phi) is 3.57. The van der Waals surface area contributed by atoms with Gasteiger partial charge in [0.05, 0.1) is 7.11 Å². The summed E-state index contributed by atoms with van der Waals surface area (Å²) in [5.41, 5.74) is 7.55. The van der Waals surface area contributed by atoms with Crippen LogP contribution in [-0.4, -0.2) is 22.1 Å². The van der Waals surface area contributed by atoms with Gasteiger partial charge in [-0.25, -0.2) is 9.97 Å². The van der Waals surface area contributed by atoms with Crippen LogP contribution in [0.25, 0.3) is 0 Å². The molecule has 0 bridgehead atoms. The minimum atomic E-state index is 0.260. The highest BCUT2D eigenvalue weighted by Gasteiger charge is 2.02. The van der Waals surface area contributed by atoms with Gasteiger partial charge in [-0.3, -0.25) is 0 Å². The molecule has 0 unspecified atom stereocenters. The Balaban J connectivity index is 2.08. The standard InChI is InChI=1S/C12H15N5O/c1-8-6-16-12(13)17-11(8)15-7-9-3-4-14-10(5-9)18-2/h3-6H,7H2,1-2H3,(H3,13,15,16,17). The van der Waals surface area contributed by atoms with Crippen molar-refractivity contribution < 1.29 is 4.74 Å². The first-order valence-electron chi connectivity index (χ1n) is 5.51. The maximum absolute atomic E-state index is 5.55. The smallest absolute Gasteiger partial charge is 0.221 e. The molecule has 0 amide bonds. The fourth-order valence-corrected chi connectivity index (χ4v) is 1.49. The Morgan fingerprint density at radius 3 is 3.00 bits per heavy atom. The Morgan fingerprint density at radius 1 is 1.39 bits per heavy atom. The summed E-state index contributed by atoms with van der Waals surface area (Å²) < 4.78 is 5.07. The van der Waals surface area contributed by atoms with Crippen molar-refractivity contribution in [2.45, 2.75) is 13.5 Å². The van der Waals surface area contributed by atoms with Crippen molar-refractivity contribution in [1.29, 1.82) is 0 Å². The van der Waals surface area contributed by atoms with E-state index in [-0.39, 0.29) is 5.95 Å². The third kappa shape index (κ3) is 2.85. The number of nitrogens with one attached hydrogen (secondary N) is 1. The van der Waals surface area contributed by atoms with Crippen molar-refractivity contribution in [2.75, 3.05) is 18.2 Å². The zero-order valence-electron chi connectivity index (χ0n) is 10.3. The van der Waals surface area contributed by atoms with Crippen LogP contribution in [0.4, 0.5) is 11.8 Å². The number of nitrogens with zero attached hydrogens (tertiary/aromatic N) is 3. The van der Waals surface area contributed by atoms with Crippen molar-refractivity contribution in [1.82, 2.24) is 15.0 Å². The van der Waals surface area contributed by atoms with Crippen molar-refractivity contribution >= 4 is 11.8 Å². The van der Waals surface area contributed by atoms with Gasteiger partial charge in [0.2, 0.25) is 11.8 Å². The van der Waals surface area contributed by atoms with Crippen molar-refractivity contribution in [3.05, 3.63) is 35.7 Å². The molecule has 2 rings (SSSR count). The number of hydrogen-bond donors (Lipinski definition) is 2. The van der Waals surface area contributed by atoms with Crippen LogP contribution in [0.15, 0.2) is 24.5 Å². The van der Waals surface area contributed by atoms with Crippen LogP contribution in [0.2, 0.25) is 0 Å². The van der Waals surface area contributed by atoms with E-state index in [0.29, 0.717) is 12.4 Å². The second-order valence-corrected chi connectivity index (χ2v) is 3.82. The molecule has 0 aliphatic heterocycles. The topological polar surface area (TPSA) is 86.0 Å². The lowest BCUT2D eigenvalue weighted by molar-refractivity contribution is 0.397. The molecule has 2 heterocycles. The number of aromatic nitrogens is 3. The Bertz CT molecular complexity index is 544. The number of nitrogen functional groups attached to an aromatic ring is 1. The predicted octanol–water partition coefficient (Wildman–Crippen LogP) is 1.38. The van der Waals surface area contributed by atoms with E-state index in [1.165, 1.54) is 0 Å². The van der Waals surface area contributed by atoms with E-state index in [2.05, 4.69) is 20.3 Å². The maximum atomic E-state index is 5.55. The summed E-state index contributed by atoms with van der Waals surface area (Å²) in [6.07, 6.45) is 3.40. The predicted molar refractivity (Wildman–Crippen MR) is 69.3 cm³/mol. The largest absolute Gasteiger partial charge is 0.481 e. The molecule has 0 radical (unpaired) electrons. The normalized spacial score (nSPS) is 10.1. The van der Waals surface area contributed by atoms with Gasteiger partial charge in [-0.2, -0.15) is 4.98 Å². The molecule has 0 aliphatic carbocycles. The lowest BCUT2D eigenvalue weighted by atomic mass is 10.2. The summed E-state index contributed by atoms with van der Waals surface area (Å²) in [4.78, 5) is 12.1. The number of nitrogens with two attached hydrogens (primary N) is 1. The molecule has 3 N–H and O–H groups in total. The van der Waals surface area contributed by atoms with Crippen LogP contribution < -0.4 is 15.8 Å². The molecule has 0 aromatic carbocycles. The first kappa shape index (κ1) is 12.1. The van der Waals surface area contributed by atoms with Gasteiger partial charge in [0.25, 0.3) is 0 Å². The molecule has 6 nitrogen and oxygen atoms in total. The molecule has 0 saturated carbocycles. The van der Waals surface area contributed by atoms with Gasteiger partial charge in [0, 0.05) is 30.6 Å². The van der Waals surface area contributed by atoms with E-state index >= 15 is 0 Å². The van der Waals surface area contributed by atoms with E-state index in [4.69, 9.17) is 10.5 Å². The molecule has 94 valence electrons. The third-order valence-electron chi connectivity index (χ3n) is 2.46. The van der Waals surface area contributed by atoms with Crippen LogP contribution in [0, 0.1) is 6.92 Å². The molecular weight excluding hydrogens is 230 g/mol. The molecule has 18 heavy (non-hydrogen) atoms. The number of anilines is 2. The molecule has 2 aromatic rings. The van der Waals surface area contributed by atoms with Gasteiger partial charge in [-0.05, 0) is 18.6 Å². The molecule has 0 atom stereocenters. The average molecular weight is 245 g/mol. The summed E-state index contributed by atoms with van der Waals surface area (Å²) in [7, 11) is 1.59. The van der Waals surface area contributed by atoms with Crippen molar-refractivity contribution in [3.8, 4) is 5.88 Å². The molecule has 0 aliphatic rings. The van der Waals surface area contributed by atoms with Crippen LogP contribution >= 0.6 is 0 Å². The minimum Gasteiger partial charge on any atom is -0.481 e. The van der Waals surface area contributed by atoms with Gasteiger partial charge < -0.3 is 15.8 Å². The zero-order valence-corrected chi connectivity index (χ0v) is 10.3. The second kappa shape index (κ2) is 5.31. The Hall–Kier alpha value is -2.37. The highest BCUT2D eigenvalue weighted by Crippen LogP contribution is 2.14. The van der Waals surface area contributed by atoms with E-state index in [9.17, 15) is 0 Å². The Labute approximate surface area is 105 Å². The van der Waals surface area contributed by atoms with Gasteiger partial charge >= 0.3 is 0 Å². The minimum absolute atomic E-state index is 0.260. The van der Waals surface area contributed by atoms with E-state index in [1.807, 2.05) is 19.1 Å². The van der Waals surface area contributed by atoms with Gasteiger partial charge in [-0.1, -0.05) is 0 Å². The van der Waals surface area contributed by atoms with Crippen LogP contribution in [0.1, 0.15) is 11.1 Å². The monoisotopic (exact) mass is 245 g/mol. The second-order valence-electron chi connectivity index (χ2n) is 3.82. The first-order valence-corrected chi connectivity index (χ1v) is 5.51. The average Bonchev–Trinajstić information content (AvgIpc) is 2.40. The fourth-order valence-electron chi connectivity index (χ4n) is 1.49. The number of methoxy groups -OCH3 is 1. The number of aryl methyl sites for hydroxylation is 1. The summed E-state index contributed by atoms with van der Waals surface area (Å²) in [5, 5.41) is 3.21. The SMILES string of the molecule is COc1cc(CNc2nc(N)ncc2C)ccn1. The summed E-state index contributed by atoms with van der Waals surface area (Å²) in [5.74, 6) is 1.59. The fraction of sp³-hybridized carbons (Fsp3) is 0.250. The van der Waals surface area contributed by atoms with Crippen molar-refractivity contribution in [3.63, 3.8) is 0 Å². The summed E-state index contributed by atoms with van der Waals surface area (Å²) >= 11 is 0. The Morgan fingerprint density at radius 2 is 2.22 bits per heavy atom. The van der Waals surface area contributed by atoms with Gasteiger partial charge in [0.15, 0.2) is 0 Å². The number of ether oxygens (including phenoxy) is 1. The van der Waals surface area contributed by atoms with Crippen LogP contribution in [-0.2, 0) is 6.54 Å². The molecular formula is C12H15N5O. The number of hydrogen-bond acceptors (Lipinski definition) is 6. The molecule has 0 saturated heterocycles. The highest BCUT2D eigenvalue weighted by molar-refractivity contribution is 5.45. The maximum Gasteiger partial charge on any atom is 0.221 e. The lowest BCUT2D eigenvalue weighted by Crippen LogP contribution is -2.06. The molecule has 2 aromatic heterocycles. The molecule has 0 fully saturated rings. The first-order chi connectivity index (χ1) is 8.69. The summed E-state index contributed by atoms with van der Waals surface area (Å²) in [6.45, 7) is 2.55. The van der Waals surface area contributed by atoms with E-state index < -0.39 is 0 Å². The van der Waals surface area contributed by atoms with E-state index in [1.54, 1.807) is 19.5 Å². The van der Waals surface area contributed by atoms with Crippen LogP contribution in [0.3, 0.4) is 0 Å². The number of rotatable bonds is 4. The lowest BCUT2D eigenvalue weighted by Gasteiger charge is -2.09. The molecule has 0 spiro atoms.